The second-order valence-electron chi connectivity index (χ2n) is 4.24. The van der Waals surface area contributed by atoms with Gasteiger partial charge >= 0.3 is 0 Å². The number of methoxy groups -OCH3 is 1. The van der Waals surface area contributed by atoms with Crippen LogP contribution in [0.3, 0.4) is 0 Å². The number of nitrogens with two attached hydrogens (primary N) is 1. The summed E-state index contributed by atoms with van der Waals surface area (Å²) >= 11 is 0. The molecule has 0 radical (unpaired) electrons. The molecule has 3 nitrogen and oxygen atoms in total. The molecule has 0 aromatic rings. The Bertz CT molecular complexity index is 152. The highest BCUT2D eigenvalue weighted by atomic mass is 16.5. The Hall–Kier alpha value is -0.120. The first-order valence-corrected chi connectivity index (χ1v) is 5.74. The molecule has 3 heteroatoms. The van der Waals surface area contributed by atoms with Crippen LogP contribution in [0.5, 0.6) is 0 Å². The molecule has 0 aromatic carbocycles. The molecular formula is C11H24N2O. The lowest BCUT2D eigenvalue weighted by molar-refractivity contribution is 0.145. The predicted octanol–water partition coefficient (Wildman–Crippen LogP) is 1.08. The summed E-state index contributed by atoms with van der Waals surface area (Å²) in [5.74, 6) is 0.742. The van der Waals surface area contributed by atoms with Crippen molar-refractivity contribution >= 4 is 0 Å². The van der Waals surface area contributed by atoms with Crippen LogP contribution in [0.15, 0.2) is 0 Å². The molecule has 1 rings (SSSR count). The molecule has 0 saturated carbocycles. The normalized spacial score (nSPS) is 25.5. The molecule has 1 saturated heterocycles. The molecule has 0 aliphatic carbocycles. The fraction of sp³-hybridized carbons (Fsp3) is 1.00. The maximum atomic E-state index is 5.61. The van der Waals surface area contributed by atoms with Crippen molar-refractivity contribution in [2.75, 3.05) is 33.4 Å². The molecule has 84 valence electrons. The Labute approximate surface area is 87.6 Å². The van der Waals surface area contributed by atoms with E-state index in [-0.39, 0.29) is 0 Å². The third kappa shape index (κ3) is 3.23. The predicted molar refractivity (Wildman–Crippen MR) is 59.3 cm³/mol. The number of likely N-dealkylation sites (tertiary alicyclic amines) is 1. The second-order valence-corrected chi connectivity index (χ2v) is 4.24. The van der Waals surface area contributed by atoms with Gasteiger partial charge in [-0.1, -0.05) is 6.92 Å². The van der Waals surface area contributed by atoms with E-state index in [0.29, 0.717) is 6.04 Å². The molecule has 1 aliphatic heterocycles. The van der Waals surface area contributed by atoms with E-state index in [1.165, 1.54) is 25.9 Å². The maximum Gasteiger partial charge on any atom is 0.0503 e. The zero-order valence-electron chi connectivity index (χ0n) is 9.54. The minimum atomic E-state index is 0.696. The highest BCUT2D eigenvalue weighted by Crippen LogP contribution is 2.21. The smallest absolute Gasteiger partial charge is 0.0503 e. The van der Waals surface area contributed by atoms with E-state index in [0.717, 1.165) is 25.5 Å². The van der Waals surface area contributed by atoms with E-state index in [1.807, 2.05) is 0 Å². The summed E-state index contributed by atoms with van der Waals surface area (Å²) in [7, 11) is 1.79. The van der Waals surface area contributed by atoms with Crippen LogP contribution in [0.1, 0.15) is 26.2 Å². The minimum Gasteiger partial charge on any atom is -0.384 e. The molecule has 2 atom stereocenters. The van der Waals surface area contributed by atoms with E-state index >= 15 is 0 Å². The quantitative estimate of drug-likeness (QED) is 0.697. The average Bonchev–Trinajstić information content (AvgIpc) is 2.63. The van der Waals surface area contributed by atoms with Gasteiger partial charge in [-0.05, 0) is 38.3 Å². The first-order chi connectivity index (χ1) is 6.81. The minimum absolute atomic E-state index is 0.696. The number of rotatable bonds is 6. The van der Waals surface area contributed by atoms with E-state index < -0.39 is 0 Å². The summed E-state index contributed by atoms with van der Waals surface area (Å²) in [6.45, 7) is 6.41. The van der Waals surface area contributed by atoms with Crippen LogP contribution in [0.4, 0.5) is 0 Å². The number of nitrogens with zero attached hydrogens (tertiary/aromatic N) is 1. The van der Waals surface area contributed by atoms with Gasteiger partial charge in [-0.3, -0.25) is 4.90 Å². The molecule has 0 bridgehead atoms. The number of ether oxygens (including phenoxy) is 1. The summed E-state index contributed by atoms with van der Waals surface area (Å²) < 4.78 is 5.20. The molecule has 2 unspecified atom stereocenters. The van der Waals surface area contributed by atoms with Crippen LogP contribution < -0.4 is 5.73 Å². The van der Waals surface area contributed by atoms with Gasteiger partial charge in [0.05, 0.1) is 6.61 Å². The van der Waals surface area contributed by atoms with Crippen molar-refractivity contribution in [3.05, 3.63) is 0 Å². The fourth-order valence-electron chi connectivity index (χ4n) is 2.40. The summed E-state index contributed by atoms with van der Waals surface area (Å²) in [4.78, 5) is 2.58. The molecule has 14 heavy (non-hydrogen) atoms. The third-order valence-electron chi connectivity index (χ3n) is 3.21. The van der Waals surface area contributed by atoms with Gasteiger partial charge < -0.3 is 10.5 Å². The van der Waals surface area contributed by atoms with Crippen molar-refractivity contribution in [1.29, 1.82) is 0 Å². The maximum absolute atomic E-state index is 5.61. The SMILES string of the molecule is CCC(CCN)N1CCC(COC)C1. The van der Waals surface area contributed by atoms with Crippen LogP contribution in [0.2, 0.25) is 0 Å². The molecule has 1 aliphatic rings. The Morgan fingerprint density at radius 3 is 2.93 bits per heavy atom. The Morgan fingerprint density at radius 1 is 1.57 bits per heavy atom. The molecule has 1 heterocycles. The Balaban J connectivity index is 2.31. The average molecular weight is 200 g/mol. The zero-order chi connectivity index (χ0) is 10.4. The van der Waals surface area contributed by atoms with Gasteiger partial charge in [0.2, 0.25) is 0 Å². The second kappa shape index (κ2) is 6.38. The highest BCUT2D eigenvalue weighted by molar-refractivity contribution is 4.80. The van der Waals surface area contributed by atoms with E-state index in [9.17, 15) is 0 Å². The van der Waals surface area contributed by atoms with Gasteiger partial charge in [0.1, 0.15) is 0 Å². The van der Waals surface area contributed by atoms with Crippen LogP contribution in [0.25, 0.3) is 0 Å². The first kappa shape index (κ1) is 12.0. The Kier molecular flexibility index (Phi) is 5.45. The lowest BCUT2D eigenvalue weighted by atomic mass is 10.1. The summed E-state index contributed by atoms with van der Waals surface area (Å²) in [6.07, 6.45) is 3.64. The van der Waals surface area contributed by atoms with Crippen LogP contribution in [0, 0.1) is 5.92 Å². The van der Waals surface area contributed by atoms with E-state index in [2.05, 4.69) is 11.8 Å². The van der Waals surface area contributed by atoms with Crippen molar-refractivity contribution < 1.29 is 4.74 Å². The lowest BCUT2D eigenvalue weighted by Crippen LogP contribution is -2.34. The molecule has 2 N–H and O–H groups in total. The summed E-state index contributed by atoms with van der Waals surface area (Å²) in [6, 6.07) is 0.696. The van der Waals surface area contributed by atoms with Crippen molar-refractivity contribution in [1.82, 2.24) is 4.90 Å². The van der Waals surface area contributed by atoms with Crippen LogP contribution in [-0.2, 0) is 4.74 Å². The van der Waals surface area contributed by atoms with Gasteiger partial charge in [0.25, 0.3) is 0 Å². The first-order valence-electron chi connectivity index (χ1n) is 5.74. The Morgan fingerprint density at radius 2 is 2.36 bits per heavy atom. The van der Waals surface area contributed by atoms with Crippen molar-refractivity contribution in [2.45, 2.75) is 32.2 Å². The molecular weight excluding hydrogens is 176 g/mol. The summed E-state index contributed by atoms with van der Waals surface area (Å²) in [5.41, 5.74) is 5.61. The van der Waals surface area contributed by atoms with Crippen molar-refractivity contribution in [3.63, 3.8) is 0 Å². The number of hydrogen-bond donors (Lipinski definition) is 1. The van der Waals surface area contributed by atoms with E-state index in [4.69, 9.17) is 10.5 Å². The van der Waals surface area contributed by atoms with Gasteiger partial charge in [0, 0.05) is 19.7 Å². The zero-order valence-corrected chi connectivity index (χ0v) is 9.54. The van der Waals surface area contributed by atoms with Crippen molar-refractivity contribution in [3.8, 4) is 0 Å². The third-order valence-corrected chi connectivity index (χ3v) is 3.21. The summed E-state index contributed by atoms with van der Waals surface area (Å²) in [5, 5.41) is 0. The lowest BCUT2D eigenvalue weighted by Gasteiger charge is -2.26. The van der Waals surface area contributed by atoms with Gasteiger partial charge in [-0.2, -0.15) is 0 Å². The van der Waals surface area contributed by atoms with Crippen LogP contribution in [-0.4, -0.2) is 44.3 Å². The molecule has 0 aromatic heterocycles. The van der Waals surface area contributed by atoms with Gasteiger partial charge in [-0.15, -0.1) is 0 Å². The van der Waals surface area contributed by atoms with Crippen molar-refractivity contribution in [2.24, 2.45) is 11.7 Å². The van der Waals surface area contributed by atoms with Crippen LogP contribution >= 0.6 is 0 Å². The topological polar surface area (TPSA) is 38.5 Å². The van der Waals surface area contributed by atoms with Gasteiger partial charge in [-0.25, -0.2) is 0 Å². The number of hydrogen-bond acceptors (Lipinski definition) is 3. The fourth-order valence-corrected chi connectivity index (χ4v) is 2.40. The van der Waals surface area contributed by atoms with Gasteiger partial charge in [0.15, 0.2) is 0 Å². The largest absolute Gasteiger partial charge is 0.384 e. The van der Waals surface area contributed by atoms with E-state index in [1.54, 1.807) is 7.11 Å². The standard InChI is InChI=1S/C11H24N2O/c1-3-11(4-6-12)13-7-5-10(8-13)9-14-2/h10-11H,3-9,12H2,1-2H3. The molecule has 1 fully saturated rings. The highest BCUT2D eigenvalue weighted by Gasteiger charge is 2.26. The molecule has 0 spiro atoms. The molecule has 0 amide bonds. The monoisotopic (exact) mass is 200 g/mol.